The lowest BCUT2D eigenvalue weighted by molar-refractivity contribution is 0.103. The highest BCUT2D eigenvalue weighted by Gasteiger charge is 2.22. The van der Waals surface area contributed by atoms with E-state index >= 15 is 0 Å². The van der Waals surface area contributed by atoms with E-state index in [2.05, 4.69) is 20.4 Å². The molecule has 2 saturated heterocycles. The van der Waals surface area contributed by atoms with E-state index in [0.29, 0.717) is 35.3 Å². The molecule has 0 saturated carbocycles. The van der Waals surface area contributed by atoms with Crippen LogP contribution in [-0.2, 0) is 13.1 Å². The minimum absolute atomic E-state index is 0.176. The van der Waals surface area contributed by atoms with Gasteiger partial charge >= 0.3 is 0 Å². The molecule has 0 unspecified atom stereocenters. The second-order valence-corrected chi connectivity index (χ2v) is 7.98. The number of carbonyl (C=O) groups is 1. The van der Waals surface area contributed by atoms with Gasteiger partial charge in [0.05, 0.1) is 0 Å². The normalized spacial score (nSPS) is 18.5. The third kappa shape index (κ3) is 5.10. The zero-order valence-electron chi connectivity index (χ0n) is 17.1. The summed E-state index contributed by atoms with van der Waals surface area (Å²) in [5.74, 6) is -0.876. The van der Waals surface area contributed by atoms with Gasteiger partial charge in [-0.1, -0.05) is 0 Å². The Morgan fingerprint density at radius 1 is 0.733 bits per heavy atom. The lowest BCUT2D eigenvalue weighted by Gasteiger charge is -2.28. The summed E-state index contributed by atoms with van der Waals surface area (Å²) in [5, 5.41) is 6.60. The molecule has 2 heterocycles. The van der Waals surface area contributed by atoms with Crippen molar-refractivity contribution in [1.82, 2.24) is 20.4 Å². The van der Waals surface area contributed by atoms with Crippen LogP contribution in [0.3, 0.4) is 0 Å². The molecule has 2 aromatic carbocycles. The van der Waals surface area contributed by atoms with Crippen LogP contribution in [0.4, 0.5) is 8.78 Å². The van der Waals surface area contributed by atoms with Gasteiger partial charge in [-0.15, -0.1) is 0 Å². The molecular weight excluding hydrogens is 386 g/mol. The molecule has 0 bridgehead atoms. The lowest BCUT2D eigenvalue weighted by Crippen LogP contribution is -2.43. The number of nitrogens with one attached hydrogen (secondary N) is 2. The van der Waals surface area contributed by atoms with Crippen LogP contribution in [0.15, 0.2) is 36.4 Å². The molecule has 0 atom stereocenters. The van der Waals surface area contributed by atoms with Gasteiger partial charge in [0.25, 0.3) is 0 Å². The van der Waals surface area contributed by atoms with Crippen LogP contribution >= 0.6 is 0 Å². The van der Waals surface area contributed by atoms with Crippen molar-refractivity contribution >= 4 is 5.78 Å². The standard InChI is InChI=1S/C23H28F2N4O/c24-19-1-3-21(17(13-19)15-28-9-5-26-6-10-28)23(30)22-4-2-20(25)14-18(22)16-29-11-7-27-8-12-29/h1-4,13-14,26-27H,5-12,15-16H2. The van der Waals surface area contributed by atoms with E-state index in [1.807, 2.05) is 0 Å². The smallest absolute Gasteiger partial charge is 0.193 e. The van der Waals surface area contributed by atoms with Gasteiger partial charge in [0.15, 0.2) is 5.78 Å². The van der Waals surface area contributed by atoms with Gasteiger partial charge in [0, 0.05) is 76.6 Å². The van der Waals surface area contributed by atoms with Crippen molar-refractivity contribution < 1.29 is 13.6 Å². The Morgan fingerprint density at radius 2 is 1.13 bits per heavy atom. The molecule has 5 nitrogen and oxygen atoms in total. The lowest BCUT2D eigenvalue weighted by atomic mass is 9.94. The molecule has 0 aromatic heterocycles. The fourth-order valence-corrected chi connectivity index (χ4v) is 4.19. The number of rotatable bonds is 6. The Bertz CT molecular complexity index is 821. The van der Waals surface area contributed by atoms with Crippen molar-refractivity contribution in [2.75, 3.05) is 52.4 Å². The molecule has 7 heteroatoms. The summed E-state index contributed by atoms with van der Waals surface area (Å²) in [6.07, 6.45) is 0. The number of piperazine rings is 2. The number of carbonyl (C=O) groups excluding carboxylic acids is 1. The number of hydrogen-bond acceptors (Lipinski definition) is 5. The fourth-order valence-electron chi connectivity index (χ4n) is 4.19. The molecule has 2 fully saturated rings. The summed E-state index contributed by atoms with van der Waals surface area (Å²) in [6, 6.07) is 8.69. The fraction of sp³-hybridized carbons (Fsp3) is 0.435. The van der Waals surface area contributed by atoms with E-state index in [0.717, 1.165) is 52.4 Å². The van der Waals surface area contributed by atoms with Gasteiger partial charge in [-0.2, -0.15) is 0 Å². The Morgan fingerprint density at radius 3 is 1.53 bits per heavy atom. The number of nitrogens with zero attached hydrogens (tertiary/aromatic N) is 2. The van der Waals surface area contributed by atoms with Crippen LogP contribution < -0.4 is 10.6 Å². The molecular formula is C23H28F2N4O. The minimum atomic E-state index is -0.350. The zero-order valence-corrected chi connectivity index (χ0v) is 17.1. The van der Waals surface area contributed by atoms with Gasteiger partial charge in [-0.3, -0.25) is 14.6 Å². The number of benzene rings is 2. The molecule has 2 N–H and O–H groups in total. The summed E-state index contributed by atoms with van der Waals surface area (Å²) < 4.78 is 28.0. The molecule has 160 valence electrons. The van der Waals surface area contributed by atoms with Crippen LogP contribution in [0, 0.1) is 11.6 Å². The molecule has 0 aliphatic carbocycles. The monoisotopic (exact) mass is 414 g/mol. The van der Waals surface area contributed by atoms with Gasteiger partial charge in [0.2, 0.25) is 0 Å². The van der Waals surface area contributed by atoms with Crippen molar-refractivity contribution in [3.8, 4) is 0 Å². The average Bonchev–Trinajstić information content (AvgIpc) is 2.75. The molecule has 2 aromatic rings. The van der Waals surface area contributed by atoms with Crippen LogP contribution in [-0.4, -0.2) is 67.9 Å². The Labute approximate surface area is 176 Å². The Kier molecular flexibility index (Phi) is 6.84. The summed E-state index contributed by atoms with van der Waals surface area (Å²) in [7, 11) is 0. The first-order valence-corrected chi connectivity index (χ1v) is 10.6. The highest BCUT2D eigenvalue weighted by Crippen LogP contribution is 2.22. The topological polar surface area (TPSA) is 47.6 Å². The van der Waals surface area contributed by atoms with Crippen molar-refractivity contribution in [3.05, 3.63) is 70.3 Å². The van der Waals surface area contributed by atoms with Crippen LogP contribution in [0.2, 0.25) is 0 Å². The first-order valence-electron chi connectivity index (χ1n) is 10.6. The highest BCUT2D eigenvalue weighted by molar-refractivity contribution is 6.10. The second kappa shape index (κ2) is 9.75. The van der Waals surface area contributed by atoms with Crippen LogP contribution in [0.1, 0.15) is 27.0 Å². The predicted octanol–water partition coefficient (Wildman–Crippen LogP) is 2.01. The number of halogens is 2. The largest absolute Gasteiger partial charge is 0.314 e. The van der Waals surface area contributed by atoms with E-state index in [4.69, 9.17) is 0 Å². The summed E-state index contributed by atoms with van der Waals surface area (Å²) in [5.41, 5.74) is 2.34. The molecule has 2 aliphatic heterocycles. The van der Waals surface area contributed by atoms with E-state index in [9.17, 15) is 13.6 Å². The summed E-state index contributed by atoms with van der Waals surface area (Å²) >= 11 is 0. The quantitative estimate of drug-likeness (QED) is 0.709. The number of ketones is 1. The average molecular weight is 415 g/mol. The maximum atomic E-state index is 14.0. The van der Waals surface area contributed by atoms with E-state index in [1.54, 1.807) is 12.1 Å². The molecule has 0 spiro atoms. The van der Waals surface area contributed by atoms with E-state index in [1.165, 1.54) is 24.3 Å². The Hall–Kier alpha value is -2.19. The maximum absolute atomic E-state index is 14.0. The van der Waals surface area contributed by atoms with Gasteiger partial charge < -0.3 is 10.6 Å². The van der Waals surface area contributed by atoms with Crippen molar-refractivity contribution in [3.63, 3.8) is 0 Å². The zero-order chi connectivity index (χ0) is 20.9. The van der Waals surface area contributed by atoms with Crippen molar-refractivity contribution in [1.29, 1.82) is 0 Å². The first kappa shape index (κ1) is 21.1. The van der Waals surface area contributed by atoms with Gasteiger partial charge in [0.1, 0.15) is 11.6 Å². The Balaban J connectivity index is 1.62. The molecule has 0 amide bonds. The molecule has 2 aliphatic rings. The van der Waals surface area contributed by atoms with Crippen LogP contribution in [0.5, 0.6) is 0 Å². The van der Waals surface area contributed by atoms with E-state index < -0.39 is 0 Å². The predicted molar refractivity (Wildman–Crippen MR) is 113 cm³/mol. The molecule has 30 heavy (non-hydrogen) atoms. The van der Waals surface area contributed by atoms with Crippen LogP contribution in [0.25, 0.3) is 0 Å². The molecule has 4 rings (SSSR count). The maximum Gasteiger partial charge on any atom is 0.193 e. The minimum Gasteiger partial charge on any atom is -0.314 e. The van der Waals surface area contributed by atoms with Crippen molar-refractivity contribution in [2.24, 2.45) is 0 Å². The van der Waals surface area contributed by atoms with Crippen molar-refractivity contribution in [2.45, 2.75) is 13.1 Å². The summed E-state index contributed by atoms with van der Waals surface area (Å²) in [6.45, 7) is 7.99. The second-order valence-electron chi connectivity index (χ2n) is 7.98. The molecule has 0 radical (unpaired) electrons. The summed E-state index contributed by atoms with van der Waals surface area (Å²) in [4.78, 5) is 17.9. The van der Waals surface area contributed by atoms with Gasteiger partial charge in [-0.25, -0.2) is 8.78 Å². The first-order chi connectivity index (χ1) is 14.6. The third-order valence-corrected chi connectivity index (χ3v) is 5.83. The van der Waals surface area contributed by atoms with Gasteiger partial charge in [-0.05, 0) is 47.5 Å². The van der Waals surface area contributed by atoms with E-state index in [-0.39, 0.29) is 17.4 Å². The number of hydrogen-bond donors (Lipinski definition) is 2. The SMILES string of the molecule is O=C(c1ccc(F)cc1CN1CCNCC1)c1ccc(F)cc1CN1CCNCC1. The third-order valence-electron chi connectivity index (χ3n) is 5.83. The highest BCUT2D eigenvalue weighted by atomic mass is 19.1.